The first-order valence-electron chi connectivity index (χ1n) is 8.18. The smallest absolute Gasteiger partial charge is 0.193 e. The van der Waals surface area contributed by atoms with Crippen molar-refractivity contribution in [3.63, 3.8) is 0 Å². The number of aliphatic imine (C=N–C) groups is 1. The number of aryl methyl sites for hydroxylation is 2. The van der Waals surface area contributed by atoms with Crippen LogP contribution in [0.3, 0.4) is 0 Å². The molecule has 3 N–H and O–H groups in total. The first kappa shape index (κ1) is 20.0. The van der Waals surface area contributed by atoms with Crippen molar-refractivity contribution in [2.24, 2.45) is 10.7 Å². The maximum absolute atomic E-state index is 6.06. The lowest BCUT2D eigenvalue weighted by atomic mass is 10.0. The first-order valence-corrected chi connectivity index (χ1v) is 8.18. The molecule has 0 saturated carbocycles. The SMILES string of the molecule is CCc1cccc(CC)c1NC(N)=NCCC1=CCOCC1.I. The van der Waals surface area contributed by atoms with E-state index in [0.717, 1.165) is 51.1 Å². The number of rotatable bonds is 6. The molecular weight excluding hydrogens is 401 g/mol. The summed E-state index contributed by atoms with van der Waals surface area (Å²) in [5.41, 5.74) is 11.2. The summed E-state index contributed by atoms with van der Waals surface area (Å²) in [7, 11) is 0. The van der Waals surface area contributed by atoms with E-state index >= 15 is 0 Å². The molecule has 5 heteroatoms. The Morgan fingerprint density at radius 2 is 1.96 bits per heavy atom. The van der Waals surface area contributed by atoms with Crippen molar-refractivity contribution in [2.45, 2.75) is 39.5 Å². The van der Waals surface area contributed by atoms with Crippen molar-refractivity contribution in [2.75, 3.05) is 25.1 Å². The number of nitrogens with zero attached hydrogens (tertiary/aromatic N) is 1. The van der Waals surface area contributed by atoms with Gasteiger partial charge in [-0.2, -0.15) is 0 Å². The monoisotopic (exact) mass is 429 g/mol. The van der Waals surface area contributed by atoms with Gasteiger partial charge in [-0.15, -0.1) is 24.0 Å². The third kappa shape index (κ3) is 6.14. The first-order chi connectivity index (χ1) is 10.7. The molecule has 2 rings (SSSR count). The number of para-hydroxylation sites is 1. The highest BCUT2D eigenvalue weighted by atomic mass is 127. The van der Waals surface area contributed by atoms with E-state index in [2.05, 4.69) is 48.4 Å². The molecule has 0 fully saturated rings. The summed E-state index contributed by atoms with van der Waals surface area (Å²) in [6.07, 6.45) is 6.10. The third-order valence-electron chi connectivity index (χ3n) is 4.02. The minimum Gasteiger partial charge on any atom is -0.377 e. The van der Waals surface area contributed by atoms with Crippen LogP contribution in [0.25, 0.3) is 0 Å². The highest BCUT2D eigenvalue weighted by Gasteiger charge is 2.07. The normalized spacial score (nSPS) is 14.9. The number of nitrogens with one attached hydrogen (secondary N) is 1. The van der Waals surface area contributed by atoms with Crippen molar-refractivity contribution < 1.29 is 4.74 Å². The molecule has 0 unspecified atom stereocenters. The number of nitrogens with two attached hydrogens (primary N) is 1. The molecule has 1 aliphatic heterocycles. The lowest BCUT2D eigenvalue weighted by Crippen LogP contribution is -2.24. The highest BCUT2D eigenvalue weighted by Crippen LogP contribution is 2.22. The van der Waals surface area contributed by atoms with Crippen LogP contribution in [0.4, 0.5) is 5.69 Å². The summed E-state index contributed by atoms with van der Waals surface area (Å²) in [4.78, 5) is 4.47. The summed E-state index contributed by atoms with van der Waals surface area (Å²) >= 11 is 0. The van der Waals surface area contributed by atoms with Crippen LogP contribution < -0.4 is 11.1 Å². The molecule has 0 spiro atoms. The van der Waals surface area contributed by atoms with Gasteiger partial charge in [-0.05, 0) is 36.8 Å². The Labute approximate surface area is 156 Å². The largest absolute Gasteiger partial charge is 0.377 e. The Bertz CT molecular complexity index is 533. The molecule has 0 bridgehead atoms. The Hall–Kier alpha value is -1.08. The van der Waals surface area contributed by atoms with Crippen molar-refractivity contribution in [3.8, 4) is 0 Å². The highest BCUT2D eigenvalue weighted by molar-refractivity contribution is 14.0. The Balaban J connectivity index is 0.00000264. The topological polar surface area (TPSA) is 59.6 Å². The zero-order chi connectivity index (χ0) is 15.8. The van der Waals surface area contributed by atoms with E-state index in [4.69, 9.17) is 10.5 Å². The zero-order valence-corrected chi connectivity index (χ0v) is 16.4. The van der Waals surface area contributed by atoms with E-state index in [1.54, 1.807) is 0 Å². The predicted molar refractivity (Wildman–Crippen MR) is 109 cm³/mol. The molecule has 0 radical (unpaired) electrons. The van der Waals surface area contributed by atoms with E-state index in [0.29, 0.717) is 5.96 Å². The number of anilines is 1. The van der Waals surface area contributed by atoms with Crippen molar-refractivity contribution in [1.82, 2.24) is 0 Å². The molecule has 1 aromatic rings. The third-order valence-corrected chi connectivity index (χ3v) is 4.02. The molecular formula is C18H28IN3O. The molecule has 0 aliphatic carbocycles. The van der Waals surface area contributed by atoms with Crippen LogP contribution in [0, 0.1) is 0 Å². The maximum Gasteiger partial charge on any atom is 0.193 e. The second-order valence-corrected chi connectivity index (χ2v) is 5.49. The fourth-order valence-corrected chi connectivity index (χ4v) is 2.68. The lowest BCUT2D eigenvalue weighted by Gasteiger charge is -2.15. The van der Waals surface area contributed by atoms with Crippen molar-refractivity contribution in [1.29, 1.82) is 0 Å². The van der Waals surface area contributed by atoms with Gasteiger partial charge in [0.05, 0.1) is 13.2 Å². The number of halogens is 1. The minimum atomic E-state index is 0. The average Bonchev–Trinajstić information content (AvgIpc) is 2.56. The predicted octanol–water partition coefficient (Wildman–Crippen LogP) is 3.89. The van der Waals surface area contributed by atoms with E-state index < -0.39 is 0 Å². The Kier molecular flexibility index (Phi) is 9.24. The number of hydrogen-bond acceptors (Lipinski definition) is 2. The standard InChI is InChI=1S/C18H27N3O.HI/c1-3-15-6-5-7-16(4-2)17(15)21-18(19)20-11-8-14-9-12-22-13-10-14;/h5-7,9H,3-4,8,10-13H2,1-2H3,(H3,19,20,21);1H. The fraction of sp³-hybridized carbons (Fsp3) is 0.500. The molecule has 0 aromatic heterocycles. The molecule has 0 saturated heterocycles. The maximum atomic E-state index is 6.06. The molecule has 4 nitrogen and oxygen atoms in total. The zero-order valence-electron chi connectivity index (χ0n) is 14.1. The lowest BCUT2D eigenvalue weighted by molar-refractivity contribution is 0.153. The number of guanidine groups is 1. The molecule has 23 heavy (non-hydrogen) atoms. The second-order valence-electron chi connectivity index (χ2n) is 5.49. The molecule has 0 amide bonds. The minimum absolute atomic E-state index is 0. The van der Waals surface area contributed by atoms with Crippen LogP contribution in [0.2, 0.25) is 0 Å². The van der Waals surface area contributed by atoms with Crippen LogP contribution in [0.5, 0.6) is 0 Å². The summed E-state index contributed by atoms with van der Waals surface area (Å²) in [6.45, 7) is 6.60. The summed E-state index contributed by atoms with van der Waals surface area (Å²) < 4.78 is 5.31. The number of ether oxygens (including phenoxy) is 1. The molecule has 0 atom stereocenters. The van der Waals surface area contributed by atoms with Crippen molar-refractivity contribution in [3.05, 3.63) is 41.0 Å². The van der Waals surface area contributed by atoms with E-state index in [1.165, 1.54) is 16.7 Å². The summed E-state index contributed by atoms with van der Waals surface area (Å²) in [6, 6.07) is 6.39. The summed E-state index contributed by atoms with van der Waals surface area (Å²) in [5.74, 6) is 0.503. The van der Waals surface area contributed by atoms with E-state index in [-0.39, 0.29) is 24.0 Å². The van der Waals surface area contributed by atoms with Crippen LogP contribution in [0.1, 0.15) is 37.8 Å². The van der Waals surface area contributed by atoms with E-state index in [1.807, 2.05) is 0 Å². The van der Waals surface area contributed by atoms with Gasteiger partial charge in [-0.25, -0.2) is 0 Å². The van der Waals surface area contributed by atoms with Gasteiger partial charge in [0, 0.05) is 12.2 Å². The van der Waals surface area contributed by atoms with Gasteiger partial charge in [-0.1, -0.05) is 43.7 Å². The van der Waals surface area contributed by atoms with Gasteiger partial charge in [0.15, 0.2) is 5.96 Å². The van der Waals surface area contributed by atoms with E-state index in [9.17, 15) is 0 Å². The van der Waals surface area contributed by atoms with Crippen LogP contribution in [0.15, 0.2) is 34.8 Å². The van der Waals surface area contributed by atoms with Gasteiger partial charge in [0.1, 0.15) is 0 Å². The average molecular weight is 429 g/mol. The van der Waals surface area contributed by atoms with Gasteiger partial charge < -0.3 is 15.8 Å². The Morgan fingerprint density at radius 3 is 2.52 bits per heavy atom. The summed E-state index contributed by atoms with van der Waals surface area (Å²) in [5, 5.41) is 3.30. The van der Waals surface area contributed by atoms with Crippen LogP contribution in [-0.4, -0.2) is 25.7 Å². The van der Waals surface area contributed by atoms with Gasteiger partial charge in [-0.3, -0.25) is 4.99 Å². The number of benzene rings is 1. The van der Waals surface area contributed by atoms with Gasteiger partial charge >= 0.3 is 0 Å². The fourth-order valence-electron chi connectivity index (χ4n) is 2.68. The molecule has 1 aliphatic rings. The Morgan fingerprint density at radius 1 is 1.26 bits per heavy atom. The molecule has 1 aromatic carbocycles. The molecule has 1 heterocycles. The molecule has 128 valence electrons. The van der Waals surface area contributed by atoms with Crippen LogP contribution >= 0.6 is 24.0 Å². The quantitative estimate of drug-likeness (QED) is 0.312. The van der Waals surface area contributed by atoms with Gasteiger partial charge in [0.2, 0.25) is 0 Å². The van der Waals surface area contributed by atoms with Crippen LogP contribution in [-0.2, 0) is 17.6 Å². The van der Waals surface area contributed by atoms with Gasteiger partial charge in [0.25, 0.3) is 0 Å². The number of hydrogen-bond donors (Lipinski definition) is 2. The van der Waals surface area contributed by atoms with Crippen molar-refractivity contribution >= 4 is 35.6 Å². The second kappa shape index (κ2) is 10.6.